The standard InChI is InChI=1S/C13H25N5/c1-11(2)6-5-8-15-13(14-3)16-10-12-7-9-17-18(12)4/h7,9,11H,5-6,8,10H2,1-4H3,(H2,14,15,16). The third-order valence-corrected chi connectivity index (χ3v) is 2.83. The molecular weight excluding hydrogens is 226 g/mol. The first-order valence-electron chi connectivity index (χ1n) is 6.55. The Balaban J connectivity index is 2.24. The minimum Gasteiger partial charge on any atom is -0.356 e. The van der Waals surface area contributed by atoms with Gasteiger partial charge in [-0.3, -0.25) is 9.67 Å². The number of guanidine groups is 1. The van der Waals surface area contributed by atoms with Gasteiger partial charge in [-0.1, -0.05) is 13.8 Å². The predicted octanol–water partition coefficient (Wildman–Crippen LogP) is 1.52. The maximum atomic E-state index is 4.20. The number of hydrogen-bond acceptors (Lipinski definition) is 2. The molecule has 0 saturated carbocycles. The Morgan fingerprint density at radius 3 is 2.78 bits per heavy atom. The molecule has 0 aromatic carbocycles. The van der Waals surface area contributed by atoms with Gasteiger partial charge in [0.1, 0.15) is 0 Å². The van der Waals surface area contributed by atoms with Crippen molar-refractivity contribution in [3.05, 3.63) is 18.0 Å². The Bertz CT molecular complexity index is 367. The smallest absolute Gasteiger partial charge is 0.191 e. The molecule has 2 N–H and O–H groups in total. The number of aromatic nitrogens is 2. The van der Waals surface area contributed by atoms with Gasteiger partial charge in [0.2, 0.25) is 0 Å². The molecule has 0 aliphatic heterocycles. The van der Waals surface area contributed by atoms with Crippen molar-refractivity contribution in [3.63, 3.8) is 0 Å². The molecule has 0 unspecified atom stereocenters. The van der Waals surface area contributed by atoms with Gasteiger partial charge in [-0.2, -0.15) is 5.10 Å². The first kappa shape index (κ1) is 14.5. The molecule has 0 spiro atoms. The van der Waals surface area contributed by atoms with E-state index in [1.54, 1.807) is 13.2 Å². The average Bonchev–Trinajstić information content (AvgIpc) is 2.74. The number of nitrogens with one attached hydrogen (secondary N) is 2. The van der Waals surface area contributed by atoms with Crippen molar-refractivity contribution in [2.75, 3.05) is 13.6 Å². The van der Waals surface area contributed by atoms with Crippen LogP contribution in [0.3, 0.4) is 0 Å². The van der Waals surface area contributed by atoms with E-state index in [0.29, 0.717) is 0 Å². The van der Waals surface area contributed by atoms with E-state index in [0.717, 1.165) is 30.7 Å². The van der Waals surface area contributed by atoms with Crippen molar-refractivity contribution in [2.24, 2.45) is 18.0 Å². The summed E-state index contributed by atoms with van der Waals surface area (Å²) in [6.45, 7) is 6.19. The van der Waals surface area contributed by atoms with Gasteiger partial charge in [-0.05, 0) is 24.8 Å². The highest BCUT2D eigenvalue weighted by molar-refractivity contribution is 5.79. The van der Waals surface area contributed by atoms with Crippen LogP contribution in [0.15, 0.2) is 17.3 Å². The van der Waals surface area contributed by atoms with Crippen molar-refractivity contribution < 1.29 is 0 Å². The number of hydrogen-bond donors (Lipinski definition) is 2. The molecule has 1 rings (SSSR count). The lowest BCUT2D eigenvalue weighted by atomic mass is 10.1. The van der Waals surface area contributed by atoms with Crippen molar-refractivity contribution in [2.45, 2.75) is 33.2 Å². The van der Waals surface area contributed by atoms with Crippen LogP contribution in [0.5, 0.6) is 0 Å². The van der Waals surface area contributed by atoms with Crippen LogP contribution in [0, 0.1) is 5.92 Å². The topological polar surface area (TPSA) is 54.2 Å². The summed E-state index contributed by atoms with van der Waals surface area (Å²) in [5, 5.41) is 10.7. The monoisotopic (exact) mass is 251 g/mol. The van der Waals surface area contributed by atoms with Gasteiger partial charge < -0.3 is 10.6 Å². The number of rotatable bonds is 6. The summed E-state index contributed by atoms with van der Waals surface area (Å²) in [5.74, 6) is 1.61. The summed E-state index contributed by atoms with van der Waals surface area (Å²) in [5.41, 5.74) is 1.14. The van der Waals surface area contributed by atoms with Crippen LogP contribution in [-0.2, 0) is 13.6 Å². The quantitative estimate of drug-likeness (QED) is 0.458. The highest BCUT2D eigenvalue weighted by Gasteiger charge is 2.01. The number of aryl methyl sites for hydroxylation is 1. The second-order valence-electron chi connectivity index (χ2n) is 4.83. The van der Waals surface area contributed by atoms with Gasteiger partial charge in [-0.25, -0.2) is 0 Å². The summed E-state index contributed by atoms with van der Waals surface area (Å²) in [6.07, 6.45) is 4.21. The fourth-order valence-corrected chi connectivity index (χ4v) is 1.69. The van der Waals surface area contributed by atoms with E-state index in [1.165, 1.54) is 12.8 Å². The third-order valence-electron chi connectivity index (χ3n) is 2.83. The lowest BCUT2D eigenvalue weighted by Crippen LogP contribution is -2.37. The Morgan fingerprint density at radius 2 is 2.22 bits per heavy atom. The van der Waals surface area contributed by atoms with Gasteiger partial charge >= 0.3 is 0 Å². The number of nitrogens with zero attached hydrogens (tertiary/aromatic N) is 3. The maximum Gasteiger partial charge on any atom is 0.191 e. The van der Waals surface area contributed by atoms with Gasteiger partial charge in [0.05, 0.1) is 12.2 Å². The maximum absolute atomic E-state index is 4.20. The van der Waals surface area contributed by atoms with Gasteiger partial charge in [-0.15, -0.1) is 0 Å². The fraction of sp³-hybridized carbons (Fsp3) is 0.692. The van der Waals surface area contributed by atoms with Crippen LogP contribution < -0.4 is 10.6 Å². The van der Waals surface area contributed by atoms with E-state index in [4.69, 9.17) is 0 Å². The van der Waals surface area contributed by atoms with E-state index >= 15 is 0 Å². The molecule has 0 atom stereocenters. The molecule has 0 aliphatic carbocycles. The second kappa shape index (κ2) is 7.74. The molecule has 1 aromatic heterocycles. The normalized spacial score (nSPS) is 11.9. The first-order chi connectivity index (χ1) is 8.63. The van der Waals surface area contributed by atoms with Crippen LogP contribution in [0.1, 0.15) is 32.4 Å². The highest BCUT2D eigenvalue weighted by atomic mass is 15.3. The zero-order valence-electron chi connectivity index (χ0n) is 11.9. The fourth-order valence-electron chi connectivity index (χ4n) is 1.69. The zero-order valence-corrected chi connectivity index (χ0v) is 11.9. The summed E-state index contributed by atoms with van der Waals surface area (Å²) >= 11 is 0. The molecular formula is C13H25N5. The van der Waals surface area contributed by atoms with Crippen molar-refractivity contribution >= 4 is 5.96 Å². The molecule has 1 heterocycles. The zero-order chi connectivity index (χ0) is 13.4. The van der Waals surface area contributed by atoms with E-state index in [9.17, 15) is 0 Å². The molecule has 102 valence electrons. The van der Waals surface area contributed by atoms with Crippen LogP contribution in [-0.4, -0.2) is 29.3 Å². The predicted molar refractivity (Wildman–Crippen MR) is 75.5 cm³/mol. The summed E-state index contributed by atoms with van der Waals surface area (Å²) in [6, 6.07) is 2.00. The highest BCUT2D eigenvalue weighted by Crippen LogP contribution is 2.01. The molecule has 0 amide bonds. The van der Waals surface area contributed by atoms with Crippen molar-refractivity contribution in [1.29, 1.82) is 0 Å². The average molecular weight is 251 g/mol. The molecule has 1 aromatic rings. The van der Waals surface area contributed by atoms with E-state index < -0.39 is 0 Å². The van der Waals surface area contributed by atoms with E-state index in [1.807, 2.05) is 17.8 Å². The minimum absolute atomic E-state index is 0.736. The van der Waals surface area contributed by atoms with Crippen molar-refractivity contribution in [3.8, 4) is 0 Å². The first-order valence-corrected chi connectivity index (χ1v) is 6.55. The second-order valence-corrected chi connectivity index (χ2v) is 4.83. The molecule has 5 nitrogen and oxygen atoms in total. The minimum atomic E-state index is 0.736. The lowest BCUT2D eigenvalue weighted by Gasteiger charge is -2.12. The molecule has 0 bridgehead atoms. The van der Waals surface area contributed by atoms with Crippen molar-refractivity contribution in [1.82, 2.24) is 20.4 Å². The SMILES string of the molecule is CN=C(NCCCC(C)C)NCc1ccnn1C. The van der Waals surface area contributed by atoms with Gasteiger partial charge in [0.15, 0.2) is 5.96 Å². The van der Waals surface area contributed by atoms with Crippen LogP contribution in [0.4, 0.5) is 0 Å². The van der Waals surface area contributed by atoms with Crippen LogP contribution >= 0.6 is 0 Å². The van der Waals surface area contributed by atoms with E-state index in [2.05, 4.69) is 34.6 Å². The van der Waals surface area contributed by atoms with Gasteiger partial charge in [0, 0.05) is 26.8 Å². The van der Waals surface area contributed by atoms with Gasteiger partial charge in [0.25, 0.3) is 0 Å². The Morgan fingerprint density at radius 1 is 1.44 bits per heavy atom. The molecule has 0 saturated heterocycles. The number of aliphatic imine (C=N–C) groups is 1. The summed E-state index contributed by atoms with van der Waals surface area (Å²) < 4.78 is 1.86. The van der Waals surface area contributed by atoms with Crippen LogP contribution in [0.25, 0.3) is 0 Å². The molecule has 0 radical (unpaired) electrons. The summed E-state index contributed by atoms with van der Waals surface area (Å²) in [7, 11) is 3.73. The lowest BCUT2D eigenvalue weighted by molar-refractivity contribution is 0.549. The molecule has 18 heavy (non-hydrogen) atoms. The summed E-state index contributed by atoms with van der Waals surface area (Å²) in [4.78, 5) is 4.20. The third kappa shape index (κ3) is 5.21. The Labute approximate surface area is 110 Å². The Hall–Kier alpha value is -1.52. The Kier molecular flexibility index (Phi) is 6.25. The largest absolute Gasteiger partial charge is 0.356 e. The molecule has 0 fully saturated rings. The molecule has 0 aliphatic rings. The van der Waals surface area contributed by atoms with E-state index in [-0.39, 0.29) is 0 Å². The van der Waals surface area contributed by atoms with Crippen LogP contribution in [0.2, 0.25) is 0 Å². The molecule has 5 heteroatoms.